The molecular weight excluding hydrogens is 316 g/mol. The molecule has 0 saturated carbocycles. The molecule has 0 radical (unpaired) electrons. The highest BCUT2D eigenvalue weighted by Crippen LogP contribution is 2.27. The highest BCUT2D eigenvalue weighted by atomic mass is 16.2. The molecule has 2 aliphatic heterocycles. The van der Waals surface area contributed by atoms with Crippen molar-refractivity contribution in [3.8, 4) is 0 Å². The van der Waals surface area contributed by atoms with Gasteiger partial charge in [-0.15, -0.1) is 0 Å². The van der Waals surface area contributed by atoms with Gasteiger partial charge < -0.3 is 9.80 Å². The summed E-state index contributed by atoms with van der Waals surface area (Å²) in [5, 5.41) is 0. The Hall–Kier alpha value is -1.95. The summed E-state index contributed by atoms with van der Waals surface area (Å²) < 4.78 is 0. The molecule has 1 unspecified atom stereocenters. The first-order chi connectivity index (χ1) is 12.0. The topological polar surface area (TPSA) is 56.8 Å². The monoisotopic (exact) mass is 344 g/mol. The van der Waals surface area contributed by atoms with E-state index in [-0.39, 0.29) is 17.9 Å². The molecule has 0 spiro atoms. The van der Waals surface area contributed by atoms with Gasteiger partial charge in [0.15, 0.2) is 0 Å². The van der Waals surface area contributed by atoms with E-state index in [1.54, 1.807) is 11.8 Å². The lowest BCUT2D eigenvalue weighted by Gasteiger charge is -2.41. The fourth-order valence-electron chi connectivity index (χ4n) is 3.75. The van der Waals surface area contributed by atoms with E-state index in [0.717, 1.165) is 38.2 Å². The Bertz CT molecular complexity index is 623. The maximum absolute atomic E-state index is 13.0. The predicted molar refractivity (Wildman–Crippen MR) is 96.2 cm³/mol. The Morgan fingerprint density at radius 1 is 1.08 bits per heavy atom. The van der Waals surface area contributed by atoms with Crippen LogP contribution in [0.2, 0.25) is 0 Å². The molecule has 1 atom stereocenters. The Morgan fingerprint density at radius 3 is 2.40 bits per heavy atom. The molecule has 2 saturated heterocycles. The van der Waals surface area contributed by atoms with E-state index < -0.39 is 0 Å². The van der Waals surface area contributed by atoms with Crippen molar-refractivity contribution < 1.29 is 9.59 Å². The van der Waals surface area contributed by atoms with Crippen molar-refractivity contribution in [1.29, 1.82) is 0 Å². The standard InChI is InChI=1S/C19H28N4O2/c1-14-4-5-17(20-12-14)16-6-8-22(9-7-16)19(25)18-13-23(15(2)24)11-10-21(18)3/h4-5,12,16,18H,6-11,13H2,1-3H3. The molecule has 2 amide bonds. The first kappa shape index (κ1) is 17.9. The summed E-state index contributed by atoms with van der Waals surface area (Å²) in [5.41, 5.74) is 2.31. The van der Waals surface area contributed by atoms with Gasteiger partial charge in [0.1, 0.15) is 6.04 Å². The minimum atomic E-state index is -0.216. The van der Waals surface area contributed by atoms with Gasteiger partial charge in [-0.05, 0) is 38.4 Å². The quantitative estimate of drug-likeness (QED) is 0.810. The van der Waals surface area contributed by atoms with Crippen molar-refractivity contribution in [2.24, 2.45) is 0 Å². The summed E-state index contributed by atoms with van der Waals surface area (Å²) in [7, 11) is 1.98. The van der Waals surface area contributed by atoms with Crippen molar-refractivity contribution in [2.75, 3.05) is 39.8 Å². The highest BCUT2D eigenvalue weighted by molar-refractivity contribution is 5.83. The Kier molecular flexibility index (Phi) is 5.37. The molecule has 6 nitrogen and oxygen atoms in total. The second kappa shape index (κ2) is 7.52. The van der Waals surface area contributed by atoms with E-state index in [2.05, 4.69) is 22.0 Å². The summed E-state index contributed by atoms with van der Waals surface area (Å²) in [6.07, 6.45) is 3.82. The van der Waals surface area contributed by atoms with Gasteiger partial charge in [0.25, 0.3) is 0 Å². The maximum Gasteiger partial charge on any atom is 0.241 e. The van der Waals surface area contributed by atoms with Crippen LogP contribution in [0, 0.1) is 6.92 Å². The van der Waals surface area contributed by atoms with Gasteiger partial charge in [-0.2, -0.15) is 0 Å². The van der Waals surface area contributed by atoms with E-state index in [1.807, 2.05) is 25.1 Å². The van der Waals surface area contributed by atoms with Crippen LogP contribution in [-0.2, 0) is 9.59 Å². The first-order valence-corrected chi connectivity index (χ1v) is 9.13. The largest absolute Gasteiger partial charge is 0.341 e. The predicted octanol–water partition coefficient (Wildman–Crippen LogP) is 1.26. The van der Waals surface area contributed by atoms with Crippen LogP contribution < -0.4 is 0 Å². The van der Waals surface area contributed by atoms with Gasteiger partial charge in [0.2, 0.25) is 11.8 Å². The number of piperidine rings is 1. The first-order valence-electron chi connectivity index (χ1n) is 9.13. The molecule has 1 aromatic rings. The van der Waals surface area contributed by atoms with Gasteiger partial charge in [-0.1, -0.05) is 6.07 Å². The van der Waals surface area contributed by atoms with Gasteiger partial charge in [-0.25, -0.2) is 0 Å². The van der Waals surface area contributed by atoms with E-state index in [4.69, 9.17) is 0 Å². The third-order valence-corrected chi connectivity index (χ3v) is 5.54. The fraction of sp³-hybridized carbons (Fsp3) is 0.632. The van der Waals surface area contributed by atoms with Crippen LogP contribution >= 0.6 is 0 Å². The van der Waals surface area contributed by atoms with Gasteiger partial charge in [0, 0.05) is 57.5 Å². The second-order valence-corrected chi connectivity index (χ2v) is 7.32. The number of aromatic nitrogens is 1. The minimum absolute atomic E-state index is 0.0510. The number of carbonyl (C=O) groups excluding carboxylic acids is 2. The number of aryl methyl sites for hydroxylation is 1. The lowest BCUT2D eigenvalue weighted by atomic mass is 9.92. The Labute approximate surface area is 149 Å². The number of nitrogens with zero attached hydrogens (tertiary/aromatic N) is 4. The molecule has 3 heterocycles. The summed E-state index contributed by atoms with van der Waals surface area (Å²) in [4.78, 5) is 35.0. The molecule has 0 bridgehead atoms. The van der Waals surface area contributed by atoms with Crippen LogP contribution in [0.15, 0.2) is 18.3 Å². The molecule has 2 aliphatic rings. The van der Waals surface area contributed by atoms with Crippen LogP contribution in [0.4, 0.5) is 0 Å². The van der Waals surface area contributed by atoms with Crippen molar-refractivity contribution in [1.82, 2.24) is 19.7 Å². The fourth-order valence-corrected chi connectivity index (χ4v) is 3.75. The third kappa shape index (κ3) is 4.00. The van der Waals surface area contributed by atoms with E-state index in [0.29, 0.717) is 19.0 Å². The molecule has 2 fully saturated rings. The molecule has 6 heteroatoms. The summed E-state index contributed by atoms with van der Waals surface area (Å²) in [5.74, 6) is 0.640. The van der Waals surface area contributed by atoms with Crippen LogP contribution in [0.25, 0.3) is 0 Å². The zero-order valence-corrected chi connectivity index (χ0v) is 15.4. The summed E-state index contributed by atoms with van der Waals surface area (Å²) in [6, 6.07) is 4.00. The van der Waals surface area contributed by atoms with Crippen molar-refractivity contribution >= 4 is 11.8 Å². The van der Waals surface area contributed by atoms with Crippen LogP contribution in [0.5, 0.6) is 0 Å². The average Bonchev–Trinajstić information content (AvgIpc) is 2.62. The van der Waals surface area contributed by atoms with Gasteiger partial charge in [0.05, 0.1) is 0 Å². The second-order valence-electron chi connectivity index (χ2n) is 7.32. The molecule has 25 heavy (non-hydrogen) atoms. The van der Waals surface area contributed by atoms with Crippen LogP contribution in [-0.4, -0.2) is 77.3 Å². The summed E-state index contributed by atoms with van der Waals surface area (Å²) in [6.45, 7) is 7.11. The normalized spacial score (nSPS) is 22.9. The molecule has 0 aromatic carbocycles. The number of carbonyl (C=O) groups is 2. The number of piperazine rings is 1. The number of hydrogen-bond donors (Lipinski definition) is 0. The summed E-state index contributed by atoms with van der Waals surface area (Å²) >= 11 is 0. The van der Waals surface area contributed by atoms with Crippen molar-refractivity contribution in [3.63, 3.8) is 0 Å². The minimum Gasteiger partial charge on any atom is -0.341 e. The number of likely N-dealkylation sites (N-methyl/N-ethyl adjacent to an activating group) is 1. The third-order valence-electron chi connectivity index (χ3n) is 5.54. The highest BCUT2D eigenvalue weighted by Gasteiger charge is 2.35. The average molecular weight is 344 g/mol. The molecule has 3 rings (SSSR count). The van der Waals surface area contributed by atoms with Gasteiger partial charge in [-0.3, -0.25) is 19.5 Å². The SMILES string of the molecule is CC(=O)N1CCN(C)C(C(=O)N2CCC(c3ccc(C)cn3)CC2)C1. The zero-order chi connectivity index (χ0) is 18.0. The lowest BCUT2D eigenvalue weighted by Crippen LogP contribution is -2.59. The molecule has 0 N–H and O–H groups in total. The lowest BCUT2D eigenvalue weighted by molar-refractivity contribution is -0.143. The van der Waals surface area contributed by atoms with Crippen molar-refractivity contribution in [3.05, 3.63) is 29.6 Å². The van der Waals surface area contributed by atoms with Crippen LogP contribution in [0.1, 0.15) is 36.9 Å². The smallest absolute Gasteiger partial charge is 0.241 e. The van der Waals surface area contributed by atoms with E-state index >= 15 is 0 Å². The maximum atomic E-state index is 13.0. The number of hydrogen-bond acceptors (Lipinski definition) is 4. The van der Waals surface area contributed by atoms with Crippen molar-refractivity contribution in [2.45, 2.75) is 38.6 Å². The number of rotatable bonds is 2. The number of pyridine rings is 1. The van der Waals surface area contributed by atoms with Gasteiger partial charge >= 0.3 is 0 Å². The van der Waals surface area contributed by atoms with E-state index in [9.17, 15) is 9.59 Å². The molecular formula is C19H28N4O2. The number of likely N-dealkylation sites (tertiary alicyclic amines) is 1. The molecule has 1 aromatic heterocycles. The molecule has 0 aliphatic carbocycles. The number of amides is 2. The Morgan fingerprint density at radius 2 is 1.80 bits per heavy atom. The Balaban J connectivity index is 1.59. The van der Waals surface area contributed by atoms with Crippen LogP contribution in [0.3, 0.4) is 0 Å². The molecule has 136 valence electrons. The zero-order valence-electron chi connectivity index (χ0n) is 15.4. The van der Waals surface area contributed by atoms with E-state index in [1.165, 1.54) is 5.56 Å².